The van der Waals surface area contributed by atoms with Crippen molar-refractivity contribution in [3.8, 4) is 17.2 Å². The van der Waals surface area contributed by atoms with E-state index in [1.165, 1.54) is 12.0 Å². The molecule has 2 atom stereocenters. The van der Waals surface area contributed by atoms with Crippen LogP contribution in [0.15, 0.2) is 66.5 Å². The van der Waals surface area contributed by atoms with Crippen molar-refractivity contribution in [1.29, 1.82) is 0 Å². The molecule has 0 aliphatic carbocycles. The standard InChI is InChI=1S/C28H26N2O6/c1-16-12-19-13-18(4-7-22(19)36-16)26(31)24-25(21-6-5-20(34-2)14-23(21)35-3)30(28(33)27(24)32)15-17-8-10-29-11-9-17/h4-11,13-14,16,25,31H,12,15H2,1-3H3/t16-,25-/m1/s1. The van der Waals surface area contributed by atoms with Crippen LogP contribution in [-0.2, 0) is 22.6 Å². The van der Waals surface area contributed by atoms with Gasteiger partial charge in [0.25, 0.3) is 11.7 Å². The van der Waals surface area contributed by atoms with Crippen LogP contribution in [0, 0.1) is 0 Å². The fraction of sp³-hybridized carbons (Fsp3) is 0.250. The molecule has 2 aliphatic rings. The van der Waals surface area contributed by atoms with E-state index in [0.29, 0.717) is 29.0 Å². The second kappa shape index (κ2) is 9.37. The van der Waals surface area contributed by atoms with E-state index in [0.717, 1.165) is 16.9 Å². The van der Waals surface area contributed by atoms with Crippen LogP contribution < -0.4 is 14.2 Å². The minimum absolute atomic E-state index is 0.00411. The fourth-order valence-corrected chi connectivity index (χ4v) is 4.82. The summed E-state index contributed by atoms with van der Waals surface area (Å²) < 4.78 is 16.7. The highest BCUT2D eigenvalue weighted by molar-refractivity contribution is 6.46. The van der Waals surface area contributed by atoms with E-state index in [-0.39, 0.29) is 24.0 Å². The van der Waals surface area contributed by atoms with Gasteiger partial charge in [-0.1, -0.05) is 0 Å². The van der Waals surface area contributed by atoms with E-state index in [4.69, 9.17) is 14.2 Å². The number of aliphatic hydroxyl groups excluding tert-OH is 1. The number of benzene rings is 2. The van der Waals surface area contributed by atoms with Gasteiger partial charge < -0.3 is 24.2 Å². The molecule has 1 N–H and O–H groups in total. The van der Waals surface area contributed by atoms with E-state index in [2.05, 4.69) is 4.98 Å². The third-order valence-electron chi connectivity index (χ3n) is 6.55. The molecule has 184 valence electrons. The molecule has 3 heterocycles. The molecule has 0 bridgehead atoms. The molecule has 0 unspecified atom stereocenters. The quantitative estimate of drug-likeness (QED) is 0.319. The zero-order chi connectivity index (χ0) is 25.4. The minimum atomic E-state index is -0.873. The number of amides is 1. The number of pyridine rings is 1. The van der Waals surface area contributed by atoms with E-state index in [1.807, 2.05) is 13.0 Å². The number of fused-ring (bicyclic) bond motifs is 1. The molecule has 2 aromatic carbocycles. The van der Waals surface area contributed by atoms with Crippen LogP contribution in [0.2, 0.25) is 0 Å². The second-order valence-corrected chi connectivity index (χ2v) is 8.85. The Balaban J connectivity index is 1.67. The third-order valence-corrected chi connectivity index (χ3v) is 6.55. The van der Waals surface area contributed by atoms with Crippen molar-refractivity contribution in [1.82, 2.24) is 9.88 Å². The summed E-state index contributed by atoms with van der Waals surface area (Å²) in [6, 6.07) is 13.2. The molecule has 8 heteroatoms. The molecule has 1 fully saturated rings. The number of hydrogen-bond donors (Lipinski definition) is 1. The molecule has 8 nitrogen and oxygen atoms in total. The topological polar surface area (TPSA) is 98.2 Å². The third kappa shape index (κ3) is 4.04. The lowest BCUT2D eigenvalue weighted by Gasteiger charge is -2.27. The Morgan fingerprint density at radius 2 is 1.86 bits per heavy atom. The molecular formula is C28H26N2O6. The minimum Gasteiger partial charge on any atom is -0.507 e. The Morgan fingerprint density at radius 1 is 1.08 bits per heavy atom. The van der Waals surface area contributed by atoms with E-state index in [1.54, 1.807) is 62.0 Å². The van der Waals surface area contributed by atoms with Crippen LogP contribution in [0.25, 0.3) is 5.76 Å². The van der Waals surface area contributed by atoms with Crippen molar-refractivity contribution in [2.75, 3.05) is 14.2 Å². The number of rotatable bonds is 6. The lowest BCUT2D eigenvalue weighted by atomic mass is 9.93. The summed E-state index contributed by atoms with van der Waals surface area (Å²) in [7, 11) is 3.05. The van der Waals surface area contributed by atoms with Gasteiger partial charge in [0.15, 0.2) is 0 Å². The first-order valence-electron chi connectivity index (χ1n) is 11.6. The highest BCUT2D eigenvalue weighted by Gasteiger charge is 2.47. The summed E-state index contributed by atoms with van der Waals surface area (Å²) in [4.78, 5) is 32.2. The maximum Gasteiger partial charge on any atom is 0.295 e. The lowest BCUT2D eigenvalue weighted by Crippen LogP contribution is -2.29. The zero-order valence-electron chi connectivity index (χ0n) is 20.2. The van der Waals surface area contributed by atoms with Crippen molar-refractivity contribution in [2.24, 2.45) is 0 Å². The van der Waals surface area contributed by atoms with Gasteiger partial charge >= 0.3 is 0 Å². The number of carbonyl (C=O) groups excluding carboxylic acids is 2. The number of ketones is 1. The predicted molar refractivity (Wildman–Crippen MR) is 132 cm³/mol. The molecule has 1 saturated heterocycles. The first-order chi connectivity index (χ1) is 17.4. The second-order valence-electron chi connectivity index (χ2n) is 8.85. The molecule has 0 spiro atoms. The number of ether oxygens (including phenoxy) is 3. The smallest absolute Gasteiger partial charge is 0.295 e. The SMILES string of the molecule is COc1ccc([C@@H]2C(=C(O)c3ccc4c(c3)C[C@@H](C)O4)C(=O)C(=O)N2Cc2ccncc2)c(OC)c1. The summed E-state index contributed by atoms with van der Waals surface area (Å²) in [6.07, 6.45) is 3.99. The van der Waals surface area contributed by atoms with E-state index in [9.17, 15) is 14.7 Å². The van der Waals surface area contributed by atoms with Crippen molar-refractivity contribution in [2.45, 2.75) is 32.0 Å². The largest absolute Gasteiger partial charge is 0.507 e. The maximum absolute atomic E-state index is 13.4. The van der Waals surface area contributed by atoms with Crippen molar-refractivity contribution < 1.29 is 28.9 Å². The Morgan fingerprint density at radius 3 is 2.58 bits per heavy atom. The molecule has 1 aromatic heterocycles. The van der Waals surface area contributed by atoms with Crippen LogP contribution in [0.3, 0.4) is 0 Å². The number of aromatic nitrogens is 1. The van der Waals surface area contributed by atoms with Crippen LogP contribution in [0.1, 0.15) is 35.2 Å². The summed E-state index contributed by atoms with van der Waals surface area (Å²) in [5.41, 5.74) is 2.76. The first kappa shape index (κ1) is 23.4. The number of aliphatic hydroxyl groups is 1. The summed E-state index contributed by atoms with van der Waals surface area (Å²) >= 11 is 0. The number of likely N-dealkylation sites (tertiary alicyclic amines) is 1. The summed E-state index contributed by atoms with van der Waals surface area (Å²) in [6.45, 7) is 2.12. The monoisotopic (exact) mass is 486 g/mol. The van der Waals surface area contributed by atoms with Crippen molar-refractivity contribution in [3.63, 3.8) is 0 Å². The first-order valence-corrected chi connectivity index (χ1v) is 11.6. The molecule has 5 rings (SSSR count). The van der Waals surface area contributed by atoms with Gasteiger partial charge in [-0.15, -0.1) is 0 Å². The highest BCUT2D eigenvalue weighted by atomic mass is 16.5. The molecule has 0 saturated carbocycles. The lowest BCUT2D eigenvalue weighted by molar-refractivity contribution is -0.140. The predicted octanol–water partition coefficient (Wildman–Crippen LogP) is 4.04. The zero-order valence-corrected chi connectivity index (χ0v) is 20.2. The molecule has 1 amide bonds. The van der Waals surface area contributed by atoms with Gasteiger partial charge in [-0.3, -0.25) is 14.6 Å². The van der Waals surface area contributed by atoms with Crippen LogP contribution >= 0.6 is 0 Å². The Labute approximate surface area is 208 Å². The van der Waals surface area contributed by atoms with Gasteiger partial charge in [0.1, 0.15) is 29.1 Å². The number of Topliss-reactive ketones (excluding diaryl/α,β-unsaturated/α-hetero) is 1. The molecule has 36 heavy (non-hydrogen) atoms. The summed E-state index contributed by atoms with van der Waals surface area (Å²) in [5, 5.41) is 11.4. The Hall–Kier alpha value is -4.33. The highest BCUT2D eigenvalue weighted by Crippen LogP contribution is 2.44. The maximum atomic E-state index is 13.4. The van der Waals surface area contributed by atoms with Crippen LogP contribution in [-0.4, -0.2) is 47.0 Å². The molecular weight excluding hydrogens is 460 g/mol. The van der Waals surface area contributed by atoms with E-state index < -0.39 is 17.7 Å². The Kier molecular flexibility index (Phi) is 6.10. The van der Waals surface area contributed by atoms with Gasteiger partial charge in [-0.2, -0.15) is 0 Å². The molecule has 3 aromatic rings. The average Bonchev–Trinajstić information content (AvgIpc) is 3.39. The molecule has 2 aliphatic heterocycles. The number of nitrogens with zero attached hydrogens (tertiary/aromatic N) is 2. The van der Waals surface area contributed by atoms with Gasteiger partial charge in [0.2, 0.25) is 0 Å². The van der Waals surface area contributed by atoms with E-state index >= 15 is 0 Å². The average molecular weight is 487 g/mol. The number of methoxy groups -OCH3 is 2. The van der Waals surface area contributed by atoms with Crippen LogP contribution in [0.5, 0.6) is 17.2 Å². The van der Waals surface area contributed by atoms with Gasteiger partial charge in [0, 0.05) is 42.6 Å². The van der Waals surface area contributed by atoms with Gasteiger partial charge in [-0.05, 0) is 60.5 Å². The van der Waals surface area contributed by atoms with Crippen molar-refractivity contribution >= 4 is 17.4 Å². The van der Waals surface area contributed by atoms with Crippen LogP contribution in [0.4, 0.5) is 0 Å². The molecule has 0 radical (unpaired) electrons. The normalized spacial score (nSPS) is 20.2. The fourth-order valence-electron chi connectivity index (χ4n) is 4.82. The number of hydrogen-bond acceptors (Lipinski definition) is 7. The Bertz CT molecular complexity index is 1370. The van der Waals surface area contributed by atoms with Gasteiger partial charge in [0.05, 0.1) is 25.8 Å². The van der Waals surface area contributed by atoms with Crippen molar-refractivity contribution in [3.05, 3.63) is 88.8 Å². The number of carbonyl (C=O) groups is 2. The van der Waals surface area contributed by atoms with Gasteiger partial charge in [-0.25, -0.2) is 0 Å². The summed E-state index contributed by atoms with van der Waals surface area (Å²) in [5.74, 6) is 0.0581.